The van der Waals surface area contributed by atoms with Crippen molar-refractivity contribution in [2.45, 2.75) is 6.92 Å². The van der Waals surface area contributed by atoms with Crippen LogP contribution in [0.2, 0.25) is 0 Å². The highest BCUT2D eigenvalue weighted by molar-refractivity contribution is 7.81. The van der Waals surface area contributed by atoms with Crippen molar-refractivity contribution < 1.29 is 0 Å². The molecule has 0 saturated heterocycles. The van der Waals surface area contributed by atoms with Crippen LogP contribution in [0.3, 0.4) is 0 Å². The van der Waals surface area contributed by atoms with Gasteiger partial charge in [-0.2, -0.15) is 18.7 Å². The second-order valence-corrected chi connectivity index (χ2v) is 11.9. The SMILES string of the molecule is Cc1ccc(N(C)[P+](N(C)c2ccccc2)(N(C)c2ccccc2)N(C)c2ccccc2)cc1. The van der Waals surface area contributed by atoms with Crippen molar-refractivity contribution in [1.29, 1.82) is 0 Å². The van der Waals surface area contributed by atoms with Gasteiger partial charge in [0.05, 0.1) is 22.7 Å². The largest absolute Gasteiger partial charge is 0.404 e. The van der Waals surface area contributed by atoms with Crippen LogP contribution in [0.1, 0.15) is 5.56 Å². The van der Waals surface area contributed by atoms with Gasteiger partial charge in [-0.3, -0.25) is 0 Å². The highest BCUT2D eigenvalue weighted by atomic mass is 31.2. The summed E-state index contributed by atoms with van der Waals surface area (Å²) in [6, 6.07) is 40.8. The molecule has 0 N–H and O–H groups in total. The summed E-state index contributed by atoms with van der Waals surface area (Å²) in [5, 5.41) is 0. The molecular weight excluding hydrogens is 435 g/mol. The Morgan fingerprint density at radius 1 is 0.382 bits per heavy atom. The Bertz CT molecular complexity index is 1060. The molecule has 4 rings (SSSR count). The standard InChI is InChI=1S/C29H34N4P/c1-25-21-23-29(24-22-25)33(5)34(30(2)26-15-9-6-10-16-26,31(3)27-17-11-7-12-18-27)32(4)28-19-13-8-14-20-28/h6-24H,1-5H3/q+1. The topological polar surface area (TPSA) is 13.0 Å². The fraction of sp³-hybridized carbons (Fsp3) is 0.172. The fourth-order valence-corrected chi connectivity index (χ4v) is 8.71. The number of rotatable bonds is 8. The molecule has 0 aliphatic carbocycles. The van der Waals surface area contributed by atoms with Crippen LogP contribution in [-0.2, 0) is 0 Å². The van der Waals surface area contributed by atoms with Crippen LogP contribution in [0.5, 0.6) is 0 Å². The Balaban J connectivity index is 2.00. The van der Waals surface area contributed by atoms with E-state index in [1.807, 2.05) is 0 Å². The molecule has 0 atom stereocenters. The Labute approximate surface area is 205 Å². The third-order valence-corrected chi connectivity index (χ3v) is 10.6. The Hall–Kier alpha value is -3.49. The summed E-state index contributed by atoms with van der Waals surface area (Å²) in [6.45, 7) is 2.13. The fourth-order valence-electron chi connectivity index (χ4n) is 4.52. The van der Waals surface area contributed by atoms with Crippen LogP contribution >= 0.6 is 7.87 Å². The molecule has 4 nitrogen and oxygen atoms in total. The number of nitrogens with zero attached hydrogens (tertiary/aromatic N) is 4. The summed E-state index contributed by atoms with van der Waals surface area (Å²) < 4.78 is 9.81. The average molecular weight is 470 g/mol. The summed E-state index contributed by atoms with van der Waals surface area (Å²) in [6.07, 6.45) is 0. The van der Waals surface area contributed by atoms with Crippen LogP contribution in [0.25, 0.3) is 0 Å². The van der Waals surface area contributed by atoms with Gasteiger partial charge in [0.15, 0.2) is 0 Å². The van der Waals surface area contributed by atoms with E-state index in [0.29, 0.717) is 0 Å². The van der Waals surface area contributed by atoms with E-state index in [2.05, 4.69) is 169 Å². The average Bonchev–Trinajstić information content (AvgIpc) is 2.90. The third-order valence-electron chi connectivity index (χ3n) is 6.41. The van der Waals surface area contributed by atoms with E-state index in [0.717, 1.165) is 0 Å². The first-order chi connectivity index (χ1) is 16.5. The van der Waals surface area contributed by atoms with Crippen molar-refractivity contribution in [3.05, 3.63) is 121 Å². The monoisotopic (exact) mass is 469 g/mol. The molecule has 0 unspecified atom stereocenters. The van der Waals surface area contributed by atoms with Gasteiger partial charge in [0.2, 0.25) is 0 Å². The maximum atomic E-state index is 2.46. The summed E-state index contributed by atoms with van der Waals surface area (Å²) >= 11 is 0. The molecule has 5 heteroatoms. The first-order valence-corrected chi connectivity index (χ1v) is 13.1. The van der Waals surface area contributed by atoms with E-state index in [4.69, 9.17) is 0 Å². The van der Waals surface area contributed by atoms with Gasteiger partial charge in [-0.15, -0.1) is 0 Å². The molecule has 0 bridgehead atoms. The van der Waals surface area contributed by atoms with Crippen molar-refractivity contribution in [3.63, 3.8) is 0 Å². The van der Waals surface area contributed by atoms with Gasteiger partial charge in [0, 0.05) is 28.2 Å². The maximum Gasteiger partial charge on any atom is 0.404 e. The lowest BCUT2D eigenvalue weighted by Crippen LogP contribution is -2.49. The Morgan fingerprint density at radius 3 is 0.941 bits per heavy atom. The van der Waals surface area contributed by atoms with Crippen LogP contribution in [0.15, 0.2) is 115 Å². The van der Waals surface area contributed by atoms with Gasteiger partial charge in [0.25, 0.3) is 0 Å². The van der Waals surface area contributed by atoms with Crippen molar-refractivity contribution in [1.82, 2.24) is 0 Å². The van der Waals surface area contributed by atoms with Crippen LogP contribution in [0.4, 0.5) is 22.7 Å². The lowest BCUT2D eigenvalue weighted by Gasteiger charge is -2.49. The van der Waals surface area contributed by atoms with Crippen LogP contribution < -0.4 is 18.7 Å². The molecule has 174 valence electrons. The number of benzene rings is 4. The smallest absolute Gasteiger partial charge is 0.193 e. The number of anilines is 4. The zero-order chi connectivity index (χ0) is 24.1. The van der Waals surface area contributed by atoms with Gasteiger partial charge >= 0.3 is 7.87 Å². The molecule has 0 saturated carbocycles. The molecule has 4 aromatic carbocycles. The summed E-state index contributed by atoms with van der Waals surface area (Å²) in [5.41, 5.74) is 5.93. The molecular formula is C29H34N4P+. The first-order valence-electron chi connectivity index (χ1n) is 11.5. The van der Waals surface area contributed by atoms with Crippen molar-refractivity contribution in [2.75, 3.05) is 46.9 Å². The third kappa shape index (κ3) is 4.34. The van der Waals surface area contributed by atoms with E-state index in [9.17, 15) is 0 Å². The molecule has 34 heavy (non-hydrogen) atoms. The van der Waals surface area contributed by atoms with Gasteiger partial charge in [-0.05, 0) is 55.5 Å². The van der Waals surface area contributed by atoms with Gasteiger partial charge in [-0.1, -0.05) is 72.3 Å². The van der Waals surface area contributed by atoms with E-state index in [1.54, 1.807) is 0 Å². The molecule has 0 amide bonds. The predicted molar refractivity (Wildman–Crippen MR) is 151 cm³/mol. The summed E-state index contributed by atoms with van der Waals surface area (Å²) in [7, 11) is 6.43. The van der Waals surface area contributed by atoms with Crippen molar-refractivity contribution in [3.8, 4) is 0 Å². The molecule has 4 aromatic rings. The molecule has 0 spiro atoms. The lowest BCUT2D eigenvalue weighted by atomic mass is 10.2. The molecule has 0 aliphatic heterocycles. The number of hydrogen-bond donors (Lipinski definition) is 0. The minimum absolute atomic E-state index is 1.17. The zero-order valence-corrected chi connectivity index (χ0v) is 21.6. The molecule has 0 heterocycles. The van der Waals surface area contributed by atoms with Crippen LogP contribution in [-0.4, -0.2) is 28.2 Å². The number of aryl methyl sites for hydroxylation is 1. The van der Waals surface area contributed by atoms with Crippen molar-refractivity contribution >= 4 is 30.6 Å². The van der Waals surface area contributed by atoms with E-state index in [1.165, 1.54) is 28.3 Å². The van der Waals surface area contributed by atoms with Gasteiger partial charge < -0.3 is 0 Å². The van der Waals surface area contributed by atoms with Crippen molar-refractivity contribution in [2.24, 2.45) is 0 Å². The second kappa shape index (κ2) is 10.2. The maximum absolute atomic E-state index is 2.46. The lowest BCUT2D eigenvalue weighted by molar-refractivity contribution is 1.09. The Kier molecular flexibility index (Phi) is 7.09. The zero-order valence-electron chi connectivity index (χ0n) is 20.7. The predicted octanol–water partition coefficient (Wildman–Crippen LogP) is 7.52. The quantitative estimate of drug-likeness (QED) is 0.247. The van der Waals surface area contributed by atoms with E-state index < -0.39 is 7.87 Å². The number of hydrogen-bond acceptors (Lipinski definition) is 4. The molecule has 0 aliphatic rings. The molecule has 0 fully saturated rings. The summed E-state index contributed by atoms with van der Waals surface area (Å²) in [5.74, 6) is 0. The number of para-hydroxylation sites is 3. The highest BCUT2D eigenvalue weighted by Crippen LogP contribution is 2.71. The van der Waals surface area contributed by atoms with E-state index in [-0.39, 0.29) is 0 Å². The van der Waals surface area contributed by atoms with Gasteiger partial charge in [0.1, 0.15) is 0 Å². The molecule has 0 aromatic heterocycles. The minimum atomic E-state index is -2.43. The summed E-state index contributed by atoms with van der Waals surface area (Å²) in [4.78, 5) is 0. The normalized spacial score (nSPS) is 11.1. The van der Waals surface area contributed by atoms with Gasteiger partial charge in [-0.25, -0.2) is 0 Å². The van der Waals surface area contributed by atoms with E-state index >= 15 is 0 Å². The minimum Gasteiger partial charge on any atom is -0.193 e. The molecule has 0 radical (unpaired) electrons. The Morgan fingerprint density at radius 2 is 0.647 bits per heavy atom. The first kappa shape index (κ1) is 23.7. The highest BCUT2D eigenvalue weighted by Gasteiger charge is 2.58. The second-order valence-electron chi connectivity index (χ2n) is 8.47. The van der Waals surface area contributed by atoms with Crippen LogP contribution in [0, 0.1) is 6.92 Å².